The van der Waals surface area contributed by atoms with Gasteiger partial charge in [-0.25, -0.2) is 8.37 Å². The fourth-order valence-corrected chi connectivity index (χ4v) is 11.1. The minimum absolute atomic E-state index is 0.0564. The molecule has 0 saturated heterocycles. The normalized spacial score (nSPS) is 37.2. The van der Waals surface area contributed by atoms with Crippen molar-refractivity contribution in [3.05, 3.63) is 12.2 Å². The molecule has 0 aliphatic heterocycles. The molecule has 46 heavy (non-hydrogen) atoms. The van der Waals surface area contributed by atoms with Gasteiger partial charge in [0.05, 0.1) is 13.2 Å². The first-order chi connectivity index (χ1) is 21.2. The molecule has 0 aromatic rings. The Bertz CT molecular complexity index is 1360. The second kappa shape index (κ2) is 14.1. The topological polar surface area (TPSA) is 180 Å². The first-order valence-corrected chi connectivity index (χ1v) is 19.2. The molecule has 0 radical (unpaired) electrons. The van der Waals surface area contributed by atoms with Crippen LogP contribution in [-0.4, -0.2) is 63.3 Å². The van der Waals surface area contributed by atoms with Crippen LogP contribution in [0.3, 0.4) is 0 Å². The number of hydrogen-bond acceptors (Lipinski definition) is 10. The molecule has 4 aliphatic carbocycles. The van der Waals surface area contributed by atoms with Gasteiger partial charge in [0.1, 0.15) is 12.2 Å². The minimum Gasteiger partial charge on any atom is -0.465 e. The van der Waals surface area contributed by atoms with Crippen LogP contribution in [-0.2, 0) is 48.2 Å². The Morgan fingerprint density at radius 3 is 2.17 bits per heavy atom. The lowest BCUT2D eigenvalue weighted by molar-refractivity contribution is -0.180. The highest BCUT2D eigenvalue weighted by Crippen LogP contribution is 2.68. The van der Waals surface area contributed by atoms with Crippen molar-refractivity contribution in [2.24, 2.45) is 52.3 Å². The SMILES string of the molecule is C=C(CC[C@@H](COS(=O)(=O)O)[C@H]1CC[C@H]2[C@@H]3CC[C@H]4C[C@H](OS(=O)(=O)O)[C@@H](OC(C)=O)C[C@]4(C)[C@H]3CC[C@]12C)[C@@H](C)COC(C)=O. The molecule has 0 bridgehead atoms. The number of carbonyl (C=O) groups is 2. The van der Waals surface area contributed by atoms with E-state index in [1.54, 1.807) is 0 Å². The van der Waals surface area contributed by atoms with Gasteiger partial charge in [-0.15, -0.1) is 0 Å². The Morgan fingerprint density at radius 1 is 0.891 bits per heavy atom. The van der Waals surface area contributed by atoms with Crippen molar-refractivity contribution in [3.63, 3.8) is 0 Å². The zero-order valence-electron chi connectivity index (χ0n) is 27.7. The van der Waals surface area contributed by atoms with Crippen LogP contribution in [0.1, 0.15) is 98.8 Å². The van der Waals surface area contributed by atoms with Crippen molar-refractivity contribution < 1.29 is 53.4 Å². The summed E-state index contributed by atoms with van der Waals surface area (Å²) in [5.41, 5.74) is 0.608. The molecule has 0 unspecified atom stereocenters. The van der Waals surface area contributed by atoms with Crippen molar-refractivity contribution in [1.29, 1.82) is 0 Å². The fourth-order valence-electron chi connectivity index (χ4n) is 10.2. The molecule has 14 heteroatoms. The third-order valence-electron chi connectivity index (χ3n) is 12.3. The van der Waals surface area contributed by atoms with Crippen LogP contribution in [0.4, 0.5) is 0 Å². The molecule has 11 atom stereocenters. The highest BCUT2D eigenvalue weighted by molar-refractivity contribution is 7.81. The van der Waals surface area contributed by atoms with Crippen LogP contribution in [0.25, 0.3) is 0 Å². The van der Waals surface area contributed by atoms with Crippen LogP contribution in [0, 0.1) is 52.3 Å². The average molecular weight is 693 g/mol. The van der Waals surface area contributed by atoms with Crippen LogP contribution in [0.5, 0.6) is 0 Å². The maximum atomic E-state index is 12.0. The monoisotopic (exact) mass is 692 g/mol. The summed E-state index contributed by atoms with van der Waals surface area (Å²) >= 11 is 0. The Morgan fingerprint density at radius 2 is 1.57 bits per heavy atom. The lowest BCUT2D eigenvalue weighted by atomic mass is 9.44. The molecule has 4 aliphatic rings. The molecule has 0 heterocycles. The maximum Gasteiger partial charge on any atom is 0.397 e. The summed E-state index contributed by atoms with van der Waals surface area (Å²) < 4.78 is 86.2. The Hall–Kier alpha value is -1.58. The first kappa shape index (κ1) is 37.2. The van der Waals surface area contributed by atoms with Gasteiger partial charge in [0, 0.05) is 19.8 Å². The number of rotatable bonds is 13. The zero-order chi connectivity index (χ0) is 34.2. The van der Waals surface area contributed by atoms with E-state index in [0.717, 1.165) is 44.1 Å². The summed E-state index contributed by atoms with van der Waals surface area (Å²) in [7, 11) is -9.34. The molecule has 0 spiro atoms. The van der Waals surface area contributed by atoms with Gasteiger partial charge in [-0.2, -0.15) is 16.8 Å². The van der Waals surface area contributed by atoms with E-state index in [4.69, 9.17) is 17.8 Å². The predicted octanol–water partition coefficient (Wildman–Crippen LogP) is 5.35. The molecule has 4 saturated carbocycles. The average Bonchev–Trinajstić information content (AvgIpc) is 3.27. The smallest absolute Gasteiger partial charge is 0.397 e. The molecule has 4 rings (SSSR count). The molecule has 4 fully saturated rings. The van der Waals surface area contributed by atoms with Gasteiger partial charge in [0.2, 0.25) is 0 Å². The van der Waals surface area contributed by atoms with Gasteiger partial charge < -0.3 is 9.47 Å². The van der Waals surface area contributed by atoms with E-state index in [-0.39, 0.29) is 53.7 Å². The van der Waals surface area contributed by atoms with E-state index in [9.17, 15) is 35.5 Å². The highest BCUT2D eigenvalue weighted by Gasteiger charge is 2.62. The van der Waals surface area contributed by atoms with E-state index in [1.807, 2.05) is 6.92 Å². The van der Waals surface area contributed by atoms with Gasteiger partial charge >= 0.3 is 32.7 Å². The summed E-state index contributed by atoms with van der Waals surface area (Å²) in [6.07, 6.45) is 5.88. The molecule has 0 aromatic carbocycles. The van der Waals surface area contributed by atoms with E-state index >= 15 is 0 Å². The second-order valence-electron chi connectivity index (χ2n) is 14.9. The van der Waals surface area contributed by atoms with E-state index in [0.29, 0.717) is 43.4 Å². The largest absolute Gasteiger partial charge is 0.465 e. The summed E-state index contributed by atoms with van der Waals surface area (Å²) in [5, 5.41) is 0. The lowest BCUT2D eigenvalue weighted by Gasteiger charge is -2.62. The molecular formula is C32H52O12S2. The zero-order valence-corrected chi connectivity index (χ0v) is 29.3. The predicted molar refractivity (Wildman–Crippen MR) is 168 cm³/mol. The summed E-state index contributed by atoms with van der Waals surface area (Å²) in [6, 6.07) is 0. The van der Waals surface area contributed by atoms with Crippen molar-refractivity contribution in [2.75, 3.05) is 13.2 Å². The van der Waals surface area contributed by atoms with Gasteiger partial charge in [-0.3, -0.25) is 18.7 Å². The van der Waals surface area contributed by atoms with Gasteiger partial charge in [-0.1, -0.05) is 32.9 Å². The van der Waals surface area contributed by atoms with Crippen LogP contribution < -0.4 is 0 Å². The van der Waals surface area contributed by atoms with E-state index in [2.05, 4.69) is 20.4 Å². The van der Waals surface area contributed by atoms with Crippen molar-refractivity contribution in [2.45, 2.75) is 111 Å². The fraction of sp³-hybridized carbons (Fsp3) is 0.875. The number of esters is 2. The molecule has 0 amide bonds. The van der Waals surface area contributed by atoms with E-state index < -0.39 is 39.0 Å². The van der Waals surface area contributed by atoms with Gasteiger partial charge in [0.25, 0.3) is 0 Å². The Kier molecular flexibility index (Phi) is 11.4. The molecular weight excluding hydrogens is 640 g/mol. The highest BCUT2D eigenvalue weighted by atomic mass is 32.3. The van der Waals surface area contributed by atoms with E-state index in [1.165, 1.54) is 13.8 Å². The van der Waals surface area contributed by atoms with Crippen molar-refractivity contribution >= 4 is 32.7 Å². The number of carbonyl (C=O) groups excluding carboxylic acids is 2. The first-order valence-electron chi connectivity index (χ1n) is 16.5. The summed E-state index contributed by atoms with van der Waals surface area (Å²) in [6.45, 7) is 13.4. The number of ether oxygens (including phenoxy) is 2. The minimum atomic E-state index is -4.72. The van der Waals surface area contributed by atoms with Crippen LogP contribution in [0.15, 0.2) is 12.2 Å². The molecule has 2 N–H and O–H groups in total. The maximum absolute atomic E-state index is 12.0. The third-order valence-corrected chi connectivity index (χ3v) is 13.3. The Balaban J connectivity index is 1.52. The molecule has 264 valence electrons. The quantitative estimate of drug-likeness (QED) is 0.144. The van der Waals surface area contributed by atoms with Gasteiger partial charge in [-0.05, 0) is 111 Å². The molecule has 12 nitrogen and oxygen atoms in total. The number of hydrogen-bond donors (Lipinski definition) is 2. The summed E-state index contributed by atoms with van der Waals surface area (Å²) in [5.74, 6) is 0.320. The standard InChI is InChI=1S/C32H52O12S2/c1-19(20(2)17-41-21(3)33)7-8-23(18-42-45(35,36)37)26-11-12-27-25-10-9-24-15-29(44-46(38,39)40)30(43-22(4)34)16-32(24,6)28(25)13-14-31(26,27)5/h20,23-30H,1,7-18H2,2-6H3,(H,35,36,37)(H,38,39,40)/t20-,23-,24-,25-,26+,27-,28-,29-,30-,31+,32-/m0/s1. The molecule has 0 aromatic heterocycles. The summed E-state index contributed by atoms with van der Waals surface area (Å²) in [4.78, 5) is 23.3. The van der Waals surface area contributed by atoms with Crippen molar-refractivity contribution in [3.8, 4) is 0 Å². The van der Waals surface area contributed by atoms with Crippen LogP contribution >= 0.6 is 0 Å². The van der Waals surface area contributed by atoms with Gasteiger partial charge in [0.15, 0.2) is 0 Å². The second-order valence-corrected chi connectivity index (χ2v) is 17.0. The van der Waals surface area contributed by atoms with Crippen molar-refractivity contribution in [1.82, 2.24) is 0 Å². The third kappa shape index (κ3) is 8.52. The number of fused-ring (bicyclic) bond motifs is 5. The Labute approximate surface area is 274 Å². The lowest BCUT2D eigenvalue weighted by Crippen LogP contribution is -2.58. The van der Waals surface area contributed by atoms with Crippen LogP contribution in [0.2, 0.25) is 0 Å².